The second-order valence-electron chi connectivity index (χ2n) is 7.42. The van der Waals surface area contributed by atoms with Gasteiger partial charge in [-0.05, 0) is 48.2 Å². The van der Waals surface area contributed by atoms with Crippen LogP contribution in [0.15, 0.2) is 93.5 Å². The average molecular weight is 442 g/mol. The van der Waals surface area contributed by atoms with E-state index < -0.39 is 19.9 Å². The fraction of sp³-hybridized carbons (Fsp3) is 0.217. The SMILES string of the molecule is CCc1ccc(S(=O)(=O)c2ccccc2)cc1S(=O)(=O)NC1CC1c1ccccc1. The maximum absolute atomic E-state index is 13.1. The van der Waals surface area contributed by atoms with Crippen molar-refractivity contribution in [1.29, 1.82) is 0 Å². The van der Waals surface area contributed by atoms with Crippen LogP contribution in [0.1, 0.15) is 30.4 Å². The molecule has 0 spiro atoms. The Balaban J connectivity index is 1.65. The molecular weight excluding hydrogens is 418 g/mol. The smallest absolute Gasteiger partial charge is 0.219 e. The van der Waals surface area contributed by atoms with Crippen LogP contribution in [0.2, 0.25) is 0 Å². The Morgan fingerprint density at radius 2 is 1.47 bits per heavy atom. The van der Waals surface area contributed by atoms with E-state index in [0.29, 0.717) is 12.0 Å². The zero-order valence-electron chi connectivity index (χ0n) is 16.5. The second kappa shape index (κ2) is 7.98. The number of sulfone groups is 1. The normalized spacial score (nSPS) is 18.8. The fourth-order valence-corrected chi connectivity index (χ4v) is 6.64. The molecule has 3 aromatic carbocycles. The molecule has 1 fully saturated rings. The summed E-state index contributed by atoms with van der Waals surface area (Å²) in [6.45, 7) is 1.85. The van der Waals surface area contributed by atoms with E-state index in [1.807, 2.05) is 37.3 Å². The van der Waals surface area contributed by atoms with Gasteiger partial charge in [-0.15, -0.1) is 0 Å². The third-order valence-corrected chi connectivity index (χ3v) is 8.74. The molecule has 0 amide bonds. The summed E-state index contributed by atoms with van der Waals surface area (Å²) in [4.78, 5) is 0.138. The summed E-state index contributed by atoms with van der Waals surface area (Å²) in [5.41, 5.74) is 1.69. The zero-order valence-corrected chi connectivity index (χ0v) is 18.2. The van der Waals surface area contributed by atoms with Crippen LogP contribution in [0.25, 0.3) is 0 Å². The predicted octanol–water partition coefficient (Wildman–Crippen LogP) is 3.92. The number of nitrogens with one attached hydrogen (secondary N) is 1. The second-order valence-corrected chi connectivity index (χ2v) is 11.1. The number of benzene rings is 3. The first kappa shape index (κ1) is 20.8. The number of hydrogen-bond acceptors (Lipinski definition) is 4. The minimum atomic E-state index is -3.86. The molecule has 0 aliphatic heterocycles. The van der Waals surface area contributed by atoms with Gasteiger partial charge in [0.2, 0.25) is 19.9 Å². The van der Waals surface area contributed by atoms with E-state index in [4.69, 9.17) is 0 Å². The summed E-state index contributed by atoms with van der Waals surface area (Å²) in [7, 11) is -7.67. The van der Waals surface area contributed by atoms with Crippen LogP contribution in [0.5, 0.6) is 0 Å². The Bertz CT molecular complexity index is 1260. The molecule has 0 heterocycles. The van der Waals surface area contributed by atoms with Crippen molar-refractivity contribution in [3.8, 4) is 0 Å². The number of rotatable bonds is 7. The van der Waals surface area contributed by atoms with E-state index in [1.165, 1.54) is 24.3 Å². The molecule has 4 rings (SSSR count). The molecule has 7 heteroatoms. The zero-order chi connectivity index (χ0) is 21.4. The molecule has 2 atom stereocenters. The van der Waals surface area contributed by atoms with Gasteiger partial charge in [-0.25, -0.2) is 21.6 Å². The Morgan fingerprint density at radius 3 is 2.10 bits per heavy atom. The molecule has 5 nitrogen and oxygen atoms in total. The first-order valence-corrected chi connectivity index (χ1v) is 12.8. The maximum Gasteiger partial charge on any atom is 0.241 e. The van der Waals surface area contributed by atoms with Crippen molar-refractivity contribution in [2.45, 2.75) is 46.4 Å². The Morgan fingerprint density at radius 1 is 0.833 bits per heavy atom. The van der Waals surface area contributed by atoms with Gasteiger partial charge in [-0.3, -0.25) is 0 Å². The highest BCUT2D eigenvalue weighted by Gasteiger charge is 2.41. The summed E-state index contributed by atoms with van der Waals surface area (Å²) in [6.07, 6.45) is 1.21. The van der Waals surface area contributed by atoms with Gasteiger partial charge >= 0.3 is 0 Å². The largest absolute Gasteiger partial charge is 0.241 e. The van der Waals surface area contributed by atoms with Gasteiger partial charge in [0.1, 0.15) is 0 Å². The maximum atomic E-state index is 13.1. The lowest BCUT2D eigenvalue weighted by Gasteiger charge is -2.13. The molecule has 0 radical (unpaired) electrons. The predicted molar refractivity (Wildman–Crippen MR) is 116 cm³/mol. The van der Waals surface area contributed by atoms with Crippen LogP contribution in [0, 0.1) is 0 Å². The van der Waals surface area contributed by atoms with Gasteiger partial charge in [0.15, 0.2) is 0 Å². The van der Waals surface area contributed by atoms with Crippen molar-refractivity contribution in [2.24, 2.45) is 0 Å². The molecule has 1 saturated carbocycles. The van der Waals surface area contributed by atoms with Gasteiger partial charge in [0.05, 0.1) is 14.7 Å². The molecule has 2 unspecified atom stereocenters. The topological polar surface area (TPSA) is 80.3 Å². The quantitative estimate of drug-likeness (QED) is 0.603. The van der Waals surface area contributed by atoms with Crippen LogP contribution in [0.3, 0.4) is 0 Å². The Hall–Kier alpha value is -2.48. The van der Waals surface area contributed by atoms with Crippen molar-refractivity contribution in [3.63, 3.8) is 0 Å². The van der Waals surface area contributed by atoms with Crippen molar-refractivity contribution in [1.82, 2.24) is 4.72 Å². The molecule has 1 aliphatic rings. The van der Waals surface area contributed by atoms with Crippen molar-refractivity contribution < 1.29 is 16.8 Å². The van der Waals surface area contributed by atoms with E-state index in [9.17, 15) is 16.8 Å². The summed E-state index contributed by atoms with van der Waals surface area (Å²) >= 11 is 0. The monoisotopic (exact) mass is 441 g/mol. The molecule has 0 bridgehead atoms. The summed E-state index contributed by atoms with van der Waals surface area (Å²) in [6, 6.07) is 22.0. The lowest BCUT2D eigenvalue weighted by atomic mass is 10.1. The van der Waals surface area contributed by atoms with Crippen LogP contribution in [-0.4, -0.2) is 22.9 Å². The van der Waals surface area contributed by atoms with Gasteiger partial charge in [0, 0.05) is 12.0 Å². The lowest BCUT2D eigenvalue weighted by molar-refractivity contribution is 0.578. The lowest BCUT2D eigenvalue weighted by Crippen LogP contribution is -2.28. The van der Waals surface area contributed by atoms with Gasteiger partial charge in [-0.2, -0.15) is 0 Å². The summed E-state index contributed by atoms with van der Waals surface area (Å²) < 4.78 is 55.0. The van der Waals surface area contributed by atoms with Gasteiger partial charge in [0.25, 0.3) is 0 Å². The van der Waals surface area contributed by atoms with E-state index >= 15 is 0 Å². The fourth-order valence-electron chi connectivity index (χ4n) is 3.64. The first-order valence-electron chi connectivity index (χ1n) is 9.83. The van der Waals surface area contributed by atoms with Crippen LogP contribution in [-0.2, 0) is 26.3 Å². The standard InChI is InChI=1S/C23H23NO4S2/c1-2-17-13-14-20(29(25,26)19-11-7-4-8-12-19)15-23(17)30(27,28)24-22-16-21(22)18-9-5-3-6-10-18/h3-15,21-22,24H,2,16H2,1H3. The van der Waals surface area contributed by atoms with Gasteiger partial charge < -0.3 is 0 Å². The van der Waals surface area contributed by atoms with E-state index in [-0.39, 0.29) is 26.6 Å². The number of hydrogen-bond donors (Lipinski definition) is 1. The summed E-state index contributed by atoms with van der Waals surface area (Å²) in [5, 5.41) is 0. The first-order chi connectivity index (χ1) is 14.3. The molecule has 30 heavy (non-hydrogen) atoms. The molecule has 0 aromatic heterocycles. The Kier molecular flexibility index (Phi) is 5.53. The number of aryl methyl sites for hydroxylation is 1. The minimum absolute atomic E-state index is 0.0262. The van der Waals surface area contributed by atoms with Crippen molar-refractivity contribution in [3.05, 3.63) is 90.0 Å². The summed E-state index contributed by atoms with van der Waals surface area (Å²) in [5.74, 6) is 0.141. The van der Waals surface area contributed by atoms with Crippen LogP contribution in [0.4, 0.5) is 0 Å². The molecule has 1 N–H and O–H groups in total. The highest BCUT2D eigenvalue weighted by molar-refractivity contribution is 7.91. The van der Waals surface area contributed by atoms with Crippen LogP contribution >= 0.6 is 0 Å². The minimum Gasteiger partial charge on any atom is -0.219 e. The highest BCUT2D eigenvalue weighted by Crippen LogP contribution is 2.41. The van der Waals surface area contributed by atoms with E-state index in [1.54, 1.807) is 24.3 Å². The molecular formula is C23H23NO4S2. The number of sulfonamides is 1. The molecule has 1 aliphatic carbocycles. The third-order valence-electron chi connectivity index (χ3n) is 5.40. The Labute approximate surface area is 177 Å². The van der Waals surface area contributed by atoms with E-state index in [2.05, 4.69) is 4.72 Å². The van der Waals surface area contributed by atoms with Crippen molar-refractivity contribution in [2.75, 3.05) is 0 Å². The third kappa shape index (κ3) is 4.05. The average Bonchev–Trinajstić information content (AvgIpc) is 3.52. The van der Waals surface area contributed by atoms with Crippen molar-refractivity contribution >= 4 is 19.9 Å². The van der Waals surface area contributed by atoms with Crippen LogP contribution < -0.4 is 4.72 Å². The van der Waals surface area contributed by atoms with E-state index in [0.717, 1.165) is 12.0 Å². The molecule has 156 valence electrons. The van der Waals surface area contributed by atoms with Gasteiger partial charge in [-0.1, -0.05) is 61.5 Å². The highest BCUT2D eigenvalue weighted by atomic mass is 32.2. The molecule has 3 aromatic rings. The molecule has 0 saturated heterocycles.